The van der Waals surface area contributed by atoms with Gasteiger partial charge in [0, 0.05) is 36.4 Å². The number of allylic oxidation sites excluding steroid dienone is 2. The average molecular weight is 416 g/mol. The number of hydrogen-bond donors (Lipinski definition) is 4. The summed E-state index contributed by atoms with van der Waals surface area (Å²) in [5, 5.41) is 36.2. The number of hydrogen-bond acceptors (Lipinski definition) is 6. The number of hydrazone groups is 1. The Morgan fingerprint density at radius 3 is 2.67 bits per heavy atom. The monoisotopic (exact) mass is 416 g/mol. The summed E-state index contributed by atoms with van der Waals surface area (Å²) in [5.74, 6) is -0.440. The molecular weight excluding hydrogens is 392 g/mol. The van der Waals surface area contributed by atoms with Crippen molar-refractivity contribution >= 4 is 29.6 Å². The number of rotatable bonds is 7. The number of carboxylic acid groups (broad SMARTS) is 1. The van der Waals surface area contributed by atoms with Crippen molar-refractivity contribution in [3.05, 3.63) is 46.0 Å². The Labute approximate surface area is 172 Å². The molecule has 160 valence electrons. The molecule has 0 spiro atoms. The maximum Gasteiger partial charge on any atom is 0.339 e. The third kappa shape index (κ3) is 5.41. The standard InChI is InChI=1S/C20H24N4O6/c25-18-10-13-8-12(2-1-3-19(26)27)9-16(13)17(18)11-21-23-20(28)22-14-4-6-15(7-5-14)24(29)30/h2,4-7,11,13,16-18,25H,1,3,8-10H2,(H,26,27)(H2,22,23,28)/b12-2+,21-11+/t13-,16-,17+,18+/m0/s1. The van der Waals surface area contributed by atoms with Crippen LogP contribution in [0.3, 0.4) is 0 Å². The van der Waals surface area contributed by atoms with Crippen LogP contribution in [0.15, 0.2) is 41.0 Å². The number of urea groups is 1. The third-order valence-electron chi connectivity index (χ3n) is 5.65. The number of non-ortho nitro benzene ring substituents is 1. The van der Waals surface area contributed by atoms with Crippen LogP contribution < -0.4 is 10.7 Å². The van der Waals surface area contributed by atoms with Gasteiger partial charge in [0.1, 0.15) is 0 Å². The van der Waals surface area contributed by atoms with Crippen LogP contribution in [0.4, 0.5) is 16.2 Å². The third-order valence-corrected chi connectivity index (χ3v) is 5.65. The molecule has 0 bridgehead atoms. The van der Waals surface area contributed by atoms with Crippen LogP contribution in [-0.2, 0) is 4.79 Å². The first-order valence-corrected chi connectivity index (χ1v) is 9.76. The zero-order valence-corrected chi connectivity index (χ0v) is 16.2. The van der Waals surface area contributed by atoms with Gasteiger partial charge in [0.25, 0.3) is 5.69 Å². The number of carbonyl (C=O) groups is 2. The number of carbonyl (C=O) groups excluding carboxylic acids is 1. The Morgan fingerprint density at radius 1 is 1.27 bits per heavy atom. The molecular formula is C20H24N4O6. The van der Waals surface area contributed by atoms with E-state index in [0.29, 0.717) is 24.4 Å². The second kappa shape index (κ2) is 9.49. The van der Waals surface area contributed by atoms with E-state index in [1.54, 1.807) is 6.21 Å². The van der Waals surface area contributed by atoms with Crippen LogP contribution >= 0.6 is 0 Å². The lowest BCUT2D eigenvalue weighted by Crippen LogP contribution is -2.27. The summed E-state index contributed by atoms with van der Waals surface area (Å²) in [5.41, 5.74) is 3.89. The highest BCUT2D eigenvalue weighted by atomic mass is 16.6. The van der Waals surface area contributed by atoms with Crippen molar-refractivity contribution in [2.45, 2.75) is 38.2 Å². The van der Waals surface area contributed by atoms with Gasteiger partial charge in [0.05, 0.1) is 11.0 Å². The fourth-order valence-corrected chi connectivity index (χ4v) is 4.29. The van der Waals surface area contributed by atoms with Gasteiger partial charge in [-0.3, -0.25) is 14.9 Å². The first-order chi connectivity index (χ1) is 14.3. The fourth-order valence-electron chi connectivity index (χ4n) is 4.29. The molecule has 0 heterocycles. The minimum Gasteiger partial charge on any atom is -0.481 e. The fraction of sp³-hybridized carbons (Fsp3) is 0.450. The Balaban J connectivity index is 1.50. The lowest BCUT2D eigenvalue weighted by atomic mass is 9.92. The lowest BCUT2D eigenvalue weighted by Gasteiger charge is -2.16. The van der Waals surface area contributed by atoms with Gasteiger partial charge in [-0.1, -0.05) is 11.6 Å². The number of anilines is 1. The summed E-state index contributed by atoms with van der Waals surface area (Å²) in [6.45, 7) is 0. The molecule has 0 saturated heterocycles. The summed E-state index contributed by atoms with van der Waals surface area (Å²) in [4.78, 5) is 32.7. The van der Waals surface area contributed by atoms with Crippen molar-refractivity contribution < 1.29 is 24.7 Å². The van der Waals surface area contributed by atoms with Gasteiger partial charge >= 0.3 is 12.0 Å². The minimum atomic E-state index is -0.816. The second-order valence-electron chi connectivity index (χ2n) is 7.66. The van der Waals surface area contributed by atoms with E-state index in [1.165, 1.54) is 29.8 Å². The normalized spacial score (nSPS) is 26.6. The zero-order chi connectivity index (χ0) is 21.7. The van der Waals surface area contributed by atoms with Gasteiger partial charge in [-0.05, 0) is 49.7 Å². The molecule has 1 aromatic carbocycles. The number of aliphatic hydroxyl groups excluding tert-OH is 1. The maximum atomic E-state index is 12.0. The van der Waals surface area contributed by atoms with Crippen molar-refractivity contribution in [1.29, 1.82) is 0 Å². The smallest absolute Gasteiger partial charge is 0.339 e. The quantitative estimate of drug-likeness (QED) is 0.232. The molecule has 4 atom stereocenters. The van der Waals surface area contributed by atoms with E-state index in [1.807, 2.05) is 6.08 Å². The zero-order valence-electron chi connectivity index (χ0n) is 16.2. The summed E-state index contributed by atoms with van der Waals surface area (Å²) in [7, 11) is 0. The van der Waals surface area contributed by atoms with Crippen LogP contribution in [0.5, 0.6) is 0 Å². The van der Waals surface area contributed by atoms with Gasteiger partial charge in [-0.15, -0.1) is 0 Å². The molecule has 0 aromatic heterocycles. The lowest BCUT2D eigenvalue weighted by molar-refractivity contribution is -0.384. The summed E-state index contributed by atoms with van der Waals surface area (Å²) in [6.07, 6.45) is 5.97. The number of nitrogens with one attached hydrogen (secondary N) is 2. The maximum absolute atomic E-state index is 12.0. The molecule has 30 heavy (non-hydrogen) atoms. The van der Waals surface area contributed by atoms with Crippen molar-refractivity contribution in [3.63, 3.8) is 0 Å². The molecule has 2 saturated carbocycles. The number of carboxylic acids is 1. The number of nitro benzene ring substituents is 1. The molecule has 2 aliphatic rings. The first kappa shape index (κ1) is 21.4. The minimum absolute atomic E-state index is 0.0725. The van der Waals surface area contributed by atoms with Gasteiger partial charge in [0.2, 0.25) is 0 Å². The molecule has 0 aliphatic heterocycles. The molecule has 10 heteroatoms. The van der Waals surface area contributed by atoms with Gasteiger partial charge in [-0.2, -0.15) is 5.10 Å². The van der Waals surface area contributed by atoms with Crippen molar-refractivity contribution in [1.82, 2.24) is 5.43 Å². The number of nitrogens with zero attached hydrogens (tertiary/aromatic N) is 2. The number of amides is 2. The van der Waals surface area contributed by atoms with Gasteiger partial charge < -0.3 is 15.5 Å². The van der Waals surface area contributed by atoms with Gasteiger partial charge in [0.15, 0.2) is 0 Å². The number of fused-ring (bicyclic) bond motifs is 1. The SMILES string of the molecule is O=C(O)CC/C=C1\C[C@H]2C[C@@H](O)[C@H](/C=N/NC(=O)Nc3ccc([N+](=O)[O-])cc3)[C@H]2C1. The molecule has 2 fully saturated rings. The number of aliphatic hydroxyl groups is 1. The molecule has 3 rings (SSSR count). The second-order valence-corrected chi connectivity index (χ2v) is 7.66. The van der Waals surface area contributed by atoms with Crippen LogP contribution in [0.1, 0.15) is 32.1 Å². The van der Waals surface area contributed by atoms with E-state index < -0.39 is 23.0 Å². The Kier molecular flexibility index (Phi) is 6.78. The molecule has 10 nitrogen and oxygen atoms in total. The van der Waals surface area contributed by atoms with E-state index in [0.717, 1.165) is 12.8 Å². The van der Waals surface area contributed by atoms with Crippen molar-refractivity contribution in [3.8, 4) is 0 Å². The molecule has 1 aromatic rings. The first-order valence-electron chi connectivity index (χ1n) is 9.76. The predicted molar refractivity (Wildman–Crippen MR) is 109 cm³/mol. The van der Waals surface area contributed by atoms with Crippen LogP contribution in [-0.4, -0.2) is 39.5 Å². The molecule has 0 radical (unpaired) electrons. The molecule has 4 N–H and O–H groups in total. The predicted octanol–water partition coefficient (Wildman–Crippen LogP) is 2.90. The van der Waals surface area contributed by atoms with Gasteiger partial charge in [-0.25, -0.2) is 10.2 Å². The topological polar surface area (TPSA) is 154 Å². The largest absolute Gasteiger partial charge is 0.481 e. The molecule has 2 amide bonds. The molecule has 2 aliphatic carbocycles. The highest BCUT2D eigenvalue weighted by Crippen LogP contribution is 2.49. The number of benzene rings is 1. The Morgan fingerprint density at radius 2 is 2.00 bits per heavy atom. The average Bonchev–Trinajstić information content (AvgIpc) is 3.19. The molecule has 0 unspecified atom stereocenters. The van der Waals surface area contributed by atoms with E-state index in [-0.39, 0.29) is 23.9 Å². The van der Waals surface area contributed by atoms with E-state index >= 15 is 0 Å². The highest BCUT2D eigenvalue weighted by molar-refractivity contribution is 5.89. The van der Waals surface area contributed by atoms with Crippen LogP contribution in [0, 0.1) is 27.9 Å². The summed E-state index contributed by atoms with van der Waals surface area (Å²) < 4.78 is 0. The van der Waals surface area contributed by atoms with E-state index in [2.05, 4.69) is 15.8 Å². The number of aliphatic carboxylic acids is 1. The van der Waals surface area contributed by atoms with E-state index in [9.17, 15) is 24.8 Å². The Bertz CT molecular complexity index is 867. The summed E-state index contributed by atoms with van der Waals surface area (Å²) >= 11 is 0. The van der Waals surface area contributed by atoms with Crippen molar-refractivity contribution in [2.75, 3.05) is 5.32 Å². The van der Waals surface area contributed by atoms with E-state index in [4.69, 9.17) is 5.11 Å². The van der Waals surface area contributed by atoms with Crippen molar-refractivity contribution in [2.24, 2.45) is 22.9 Å². The highest BCUT2D eigenvalue weighted by Gasteiger charge is 2.45. The number of nitro groups is 1. The van der Waals surface area contributed by atoms with Crippen LogP contribution in [0.2, 0.25) is 0 Å². The van der Waals surface area contributed by atoms with Crippen LogP contribution in [0.25, 0.3) is 0 Å². The Hall–Kier alpha value is -3.27. The summed E-state index contributed by atoms with van der Waals surface area (Å²) in [6, 6.07) is 4.82.